The molecule has 0 heterocycles. The van der Waals surface area contributed by atoms with Crippen LogP contribution >= 0.6 is 0 Å². The van der Waals surface area contributed by atoms with Crippen LogP contribution in [-0.4, -0.2) is 0 Å². The van der Waals surface area contributed by atoms with Gasteiger partial charge < -0.3 is 4.90 Å². The van der Waals surface area contributed by atoms with Gasteiger partial charge in [0.2, 0.25) is 0 Å². The van der Waals surface area contributed by atoms with E-state index in [-0.39, 0.29) is 5.41 Å². The van der Waals surface area contributed by atoms with Crippen LogP contribution in [0.2, 0.25) is 0 Å². The molecule has 44 heavy (non-hydrogen) atoms. The Morgan fingerprint density at radius 2 is 1.14 bits per heavy atom. The van der Waals surface area contributed by atoms with Crippen molar-refractivity contribution in [2.24, 2.45) is 11.8 Å². The van der Waals surface area contributed by atoms with E-state index in [2.05, 4.69) is 157 Å². The third-order valence-corrected chi connectivity index (χ3v) is 10.7. The van der Waals surface area contributed by atoms with Gasteiger partial charge in [0.1, 0.15) is 0 Å². The summed E-state index contributed by atoms with van der Waals surface area (Å²) >= 11 is 0. The van der Waals surface area contributed by atoms with Crippen molar-refractivity contribution in [3.05, 3.63) is 163 Å². The van der Waals surface area contributed by atoms with Crippen molar-refractivity contribution in [1.29, 1.82) is 0 Å². The Morgan fingerprint density at radius 1 is 0.500 bits per heavy atom. The highest BCUT2D eigenvalue weighted by Gasteiger charge is 2.57. The van der Waals surface area contributed by atoms with E-state index in [4.69, 9.17) is 0 Å². The highest BCUT2D eigenvalue weighted by atomic mass is 15.1. The molecule has 0 saturated heterocycles. The molecule has 3 unspecified atom stereocenters. The second kappa shape index (κ2) is 10.1. The number of fused-ring (bicyclic) bond motifs is 8. The fourth-order valence-corrected chi connectivity index (χ4v) is 8.94. The molecule has 2 saturated carbocycles. The summed E-state index contributed by atoms with van der Waals surface area (Å²) in [5, 5.41) is 0. The third kappa shape index (κ3) is 3.85. The second-order valence-electron chi connectivity index (χ2n) is 13.0. The van der Waals surface area contributed by atoms with Gasteiger partial charge in [0.25, 0.3) is 0 Å². The second-order valence-corrected chi connectivity index (χ2v) is 13.0. The predicted molar refractivity (Wildman–Crippen MR) is 184 cm³/mol. The summed E-state index contributed by atoms with van der Waals surface area (Å²) in [4.78, 5) is 2.54. The van der Waals surface area contributed by atoms with Crippen molar-refractivity contribution >= 4 is 17.1 Å². The number of hydrogen-bond acceptors (Lipinski definition) is 1. The summed E-state index contributed by atoms with van der Waals surface area (Å²) in [7, 11) is 0. The zero-order chi connectivity index (χ0) is 29.1. The van der Waals surface area contributed by atoms with Gasteiger partial charge in [0.05, 0.1) is 5.69 Å². The van der Waals surface area contributed by atoms with Crippen LogP contribution in [0.5, 0.6) is 0 Å². The van der Waals surface area contributed by atoms with Crippen LogP contribution in [0.1, 0.15) is 36.8 Å². The molecule has 0 radical (unpaired) electrons. The molecule has 0 N–H and O–H groups in total. The number of anilines is 3. The van der Waals surface area contributed by atoms with Crippen LogP contribution in [-0.2, 0) is 5.41 Å². The fourth-order valence-electron chi connectivity index (χ4n) is 8.94. The number of hydrogen-bond donors (Lipinski definition) is 0. The number of benzene rings is 6. The fraction of sp³-hybridized carbons (Fsp3) is 0.163. The lowest BCUT2D eigenvalue weighted by molar-refractivity contribution is 0.327. The molecule has 3 aliphatic rings. The number of rotatable bonds is 5. The highest BCUT2D eigenvalue weighted by molar-refractivity contribution is 5.92. The molecule has 0 aliphatic heterocycles. The summed E-state index contributed by atoms with van der Waals surface area (Å²) < 4.78 is 0. The zero-order valence-electron chi connectivity index (χ0n) is 24.9. The Labute approximate surface area is 260 Å². The van der Waals surface area contributed by atoms with Gasteiger partial charge in [0.15, 0.2) is 0 Å². The van der Waals surface area contributed by atoms with Gasteiger partial charge in [-0.2, -0.15) is 0 Å². The third-order valence-electron chi connectivity index (χ3n) is 10.7. The Balaban J connectivity index is 1.27. The van der Waals surface area contributed by atoms with Crippen molar-refractivity contribution in [3.8, 4) is 33.4 Å². The molecule has 2 fully saturated rings. The molecule has 1 spiro atoms. The monoisotopic (exact) mass is 565 g/mol. The SMILES string of the molecule is c1ccc(-c2ccc(N(c3cccc(-c4ccccc4)c3)c3cccc4c3C3(CC5CCC3C5)c3ccccc3-4)cc2)cc1. The molecular formula is C43H35N. The smallest absolute Gasteiger partial charge is 0.0509 e. The van der Waals surface area contributed by atoms with E-state index >= 15 is 0 Å². The molecule has 212 valence electrons. The van der Waals surface area contributed by atoms with Crippen molar-refractivity contribution in [2.75, 3.05) is 4.90 Å². The first kappa shape index (κ1) is 25.6. The highest BCUT2D eigenvalue weighted by Crippen LogP contribution is 2.67. The van der Waals surface area contributed by atoms with Gasteiger partial charge in [-0.1, -0.05) is 128 Å². The van der Waals surface area contributed by atoms with E-state index in [9.17, 15) is 0 Å². The summed E-state index contributed by atoms with van der Waals surface area (Å²) in [6.07, 6.45) is 5.35. The van der Waals surface area contributed by atoms with E-state index in [0.717, 1.165) is 5.92 Å². The molecule has 1 nitrogen and oxygen atoms in total. The van der Waals surface area contributed by atoms with Crippen LogP contribution in [0, 0.1) is 11.8 Å². The van der Waals surface area contributed by atoms with Crippen LogP contribution < -0.4 is 4.90 Å². The molecule has 0 amide bonds. The molecule has 6 aromatic carbocycles. The van der Waals surface area contributed by atoms with Gasteiger partial charge >= 0.3 is 0 Å². The Hall–Kier alpha value is -4.88. The maximum Gasteiger partial charge on any atom is 0.0509 e. The summed E-state index contributed by atoms with van der Waals surface area (Å²) in [6.45, 7) is 0. The lowest BCUT2D eigenvalue weighted by atomic mass is 9.66. The van der Waals surface area contributed by atoms with Crippen LogP contribution in [0.25, 0.3) is 33.4 Å². The van der Waals surface area contributed by atoms with Crippen molar-refractivity contribution < 1.29 is 0 Å². The largest absolute Gasteiger partial charge is 0.310 e. The van der Waals surface area contributed by atoms with Crippen LogP contribution in [0.15, 0.2) is 152 Å². The van der Waals surface area contributed by atoms with Crippen LogP contribution in [0.3, 0.4) is 0 Å². The van der Waals surface area contributed by atoms with Crippen molar-refractivity contribution in [3.63, 3.8) is 0 Å². The zero-order valence-corrected chi connectivity index (χ0v) is 24.9. The lowest BCUT2D eigenvalue weighted by Crippen LogP contribution is -2.33. The molecule has 3 atom stereocenters. The topological polar surface area (TPSA) is 3.24 Å². The molecule has 9 rings (SSSR count). The average Bonchev–Trinajstić information content (AvgIpc) is 3.79. The van der Waals surface area contributed by atoms with Gasteiger partial charge in [-0.25, -0.2) is 0 Å². The summed E-state index contributed by atoms with van der Waals surface area (Å²) in [5.74, 6) is 1.53. The van der Waals surface area contributed by atoms with E-state index in [1.54, 1.807) is 11.1 Å². The van der Waals surface area contributed by atoms with Gasteiger partial charge in [-0.05, 0) is 106 Å². The maximum atomic E-state index is 2.54. The molecule has 3 aliphatic carbocycles. The first-order valence-corrected chi connectivity index (χ1v) is 16.1. The van der Waals surface area contributed by atoms with E-state index in [1.165, 1.54) is 76.1 Å². The van der Waals surface area contributed by atoms with E-state index in [0.29, 0.717) is 5.92 Å². The molecule has 1 heteroatoms. The minimum Gasteiger partial charge on any atom is -0.310 e. The van der Waals surface area contributed by atoms with Gasteiger partial charge in [0, 0.05) is 16.8 Å². The van der Waals surface area contributed by atoms with Crippen LogP contribution in [0.4, 0.5) is 17.1 Å². The Bertz CT molecular complexity index is 1970. The predicted octanol–water partition coefficient (Wildman–Crippen LogP) is 11.6. The summed E-state index contributed by atoms with van der Waals surface area (Å²) in [6, 6.07) is 56.1. The van der Waals surface area contributed by atoms with E-state index < -0.39 is 0 Å². The van der Waals surface area contributed by atoms with Gasteiger partial charge in [-0.15, -0.1) is 0 Å². The maximum absolute atomic E-state index is 2.54. The van der Waals surface area contributed by atoms with Crippen molar-refractivity contribution in [2.45, 2.75) is 31.1 Å². The van der Waals surface area contributed by atoms with Crippen molar-refractivity contribution in [1.82, 2.24) is 0 Å². The Kier molecular flexibility index (Phi) is 5.88. The molecule has 2 bridgehead atoms. The minimum absolute atomic E-state index is 0.0880. The first-order valence-electron chi connectivity index (χ1n) is 16.1. The average molecular weight is 566 g/mol. The standard InChI is InChI=1S/C43H35N/c1-3-11-31(12-4-1)33-22-25-36(26-23-33)44(37-16-9-15-34(28-37)32-13-5-2-6-14-32)41-20-10-18-39-38-17-7-8-19-40(38)43(42(39)41)29-30-21-24-35(43)27-30/h1-20,22-23,25-26,28,30,35H,21,24,27,29H2. The van der Waals surface area contributed by atoms with E-state index in [1.807, 2.05) is 0 Å². The number of nitrogens with zero attached hydrogens (tertiary/aromatic N) is 1. The molecule has 6 aromatic rings. The molecule has 0 aromatic heterocycles. The van der Waals surface area contributed by atoms with Gasteiger partial charge in [-0.3, -0.25) is 0 Å². The molecular weight excluding hydrogens is 530 g/mol. The lowest BCUT2D eigenvalue weighted by Gasteiger charge is -2.39. The minimum atomic E-state index is 0.0880. The summed E-state index contributed by atoms with van der Waals surface area (Å²) in [5.41, 5.74) is 14.7. The first-order chi connectivity index (χ1) is 21.8. The quantitative estimate of drug-likeness (QED) is 0.201. The Morgan fingerprint density at radius 3 is 1.86 bits per heavy atom. The normalized spacial score (nSPS) is 20.9.